The van der Waals surface area contributed by atoms with Crippen molar-refractivity contribution in [1.29, 1.82) is 0 Å². The first-order valence-electron chi connectivity index (χ1n) is 13.3. The maximum Gasteiger partial charge on any atom is 0.510 e. The van der Waals surface area contributed by atoms with Crippen LogP contribution in [0.4, 0.5) is 9.18 Å². The Kier molecular flexibility index (Phi) is 11.6. The Hall–Kier alpha value is -2.95. The Morgan fingerprint density at radius 2 is 1.91 bits per heavy atom. The van der Waals surface area contributed by atoms with E-state index in [-0.39, 0.29) is 32.8 Å². The first-order valence-corrected chi connectivity index (χ1v) is 14.8. The zero-order valence-electron chi connectivity index (χ0n) is 23.6. The molecule has 0 radical (unpaired) electrons. The molecule has 1 aromatic heterocycles. The number of nitrogens with zero attached hydrogens (tertiary/aromatic N) is 1. The van der Waals surface area contributed by atoms with Gasteiger partial charge < -0.3 is 28.4 Å². The number of benzene rings is 1. The van der Waals surface area contributed by atoms with E-state index in [0.717, 1.165) is 6.07 Å². The van der Waals surface area contributed by atoms with Crippen molar-refractivity contribution < 1.29 is 55.7 Å². The monoisotopic (exact) mass is 632 g/mol. The summed E-state index contributed by atoms with van der Waals surface area (Å²) in [6.45, 7) is -2.14. The number of phosphoric acid groups is 1. The highest BCUT2D eigenvalue weighted by molar-refractivity contribution is 7.48. The second-order valence-electron chi connectivity index (χ2n) is 9.91. The molecular weight excluding hydrogens is 598 g/mol. The van der Waals surface area contributed by atoms with Gasteiger partial charge in [-0.15, -0.1) is 0 Å². The summed E-state index contributed by atoms with van der Waals surface area (Å²) in [5, 5.41) is 0. The number of carbonyl (C=O) groups is 1. The molecule has 238 valence electrons. The van der Waals surface area contributed by atoms with Gasteiger partial charge in [-0.25, -0.2) is 18.7 Å². The number of carbonyl (C=O) groups excluding carboxylic acids is 1. The van der Waals surface area contributed by atoms with Crippen molar-refractivity contribution in [3.05, 3.63) is 69.0 Å². The molecular formula is C26H34FN2O13P. The average molecular weight is 633 g/mol. The topological polar surface area (TPSA) is 172 Å². The van der Waals surface area contributed by atoms with Crippen molar-refractivity contribution in [2.45, 2.75) is 44.7 Å². The second-order valence-corrected chi connectivity index (χ2v) is 11.6. The third-order valence-corrected chi connectivity index (χ3v) is 8.26. The number of alkyl halides is 1. The molecule has 2 aliphatic rings. The highest BCUT2D eigenvalue weighted by Gasteiger charge is 2.46. The van der Waals surface area contributed by atoms with E-state index in [2.05, 4.69) is 4.98 Å². The number of methoxy groups -OCH3 is 1. The van der Waals surface area contributed by atoms with Crippen LogP contribution in [-0.2, 0) is 53.2 Å². The molecule has 4 rings (SSSR count). The third-order valence-electron chi connectivity index (χ3n) is 6.95. The molecule has 0 aliphatic carbocycles. The van der Waals surface area contributed by atoms with Crippen LogP contribution in [0, 0.1) is 5.41 Å². The number of ether oxygens (including phenoxy) is 6. The van der Waals surface area contributed by atoms with E-state index in [4.69, 9.17) is 42.0 Å². The van der Waals surface area contributed by atoms with Gasteiger partial charge in [0.05, 0.1) is 57.3 Å². The Balaban J connectivity index is 1.53. The van der Waals surface area contributed by atoms with E-state index in [1.807, 2.05) is 0 Å². The number of aromatic amines is 1. The van der Waals surface area contributed by atoms with E-state index >= 15 is 4.39 Å². The SMILES string of the molecule is COC1OC[C@H](n2ccc(=O)[nH]c2=O)C[C@](CF)(COP(=O)(OCOC(=O)OC2COC2)OCc2ccccc2)C(C)O1. The third kappa shape index (κ3) is 9.03. The predicted octanol–water partition coefficient (Wildman–Crippen LogP) is 2.66. The van der Waals surface area contributed by atoms with Crippen LogP contribution in [0.5, 0.6) is 0 Å². The van der Waals surface area contributed by atoms with Crippen LogP contribution in [0.1, 0.15) is 24.9 Å². The molecule has 3 unspecified atom stereocenters. The van der Waals surface area contributed by atoms with E-state index in [1.54, 1.807) is 30.3 Å². The van der Waals surface area contributed by atoms with Gasteiger partial charge in [-0.05, 0) is 18.9 Å². The Morgan fingerprint density at radius 1 is 1.14 bits per heavy atom. The fourth-order valence-electron chi connectivity index (χ4n) is 4.27. The lowest BCUT2D eigenvalue weighted by Crippen LogP contribution is -2.49. The fraction of sp³-hybridized carbons (Fsp3) is 0.577. The van der Waals surface area contributed by atoms with Crippen molar-refractivity contribution in [2.75, 3.05) is 47.0 Å². The summed E-state index contributed by atoms with van der Waals surface area (Å²) < 4.78 is 77.8. The number of aromatic nitrogens is 2. The molecule has 2 aliphatic heterocycles. The van der Waals surface area contributed by atoms with Gasteiger partial charge in [-0.3, -0.25) is 27.8 Å². The van der Waals surface area contributed by atoms with Gasteiger partial charge in [0.25, 0.3) is 12.0 Å². The van der Waals surface area contributed by atoms with Crippen LogP contribution in [0.2, 0.25) is 0 Å². The van der Waals surface area contributed by atoms with Crippen LogP contribution >= 0.6 is 7.82 Å². The van der Waals surface area contributed by atoms with E-state index in [0.29, 0.717) is 5.56 Å². The summed E-state index contributed by atoms with van der Waals surface area (Å²) in [5.41, 5.74) is -2.28. The molecule has 2 saturated heterocycles. The summed E-state index contributed by atoms with van der Waals surface area (Å²) in [5.74, 6) is 0. The van der Waals surface area contributed by atoms with Crippen LogP contribution in [0.3, 0.4) is 0 Å². The van der Waals surface area contributed by atoms with Gasteiger partial charge in [-0.2, -0.15) is 0 Å². The molecule has 0 bridgehead atoms. The van der Waals surface area contributed by atoms with Gasteiger partial charge in [0.15, 0.2) is 6.10 Å². The van der Waals surface area contributed by atoms with E-state index in [9.17, 15) is 18.9 Å². The number of phosphoric ester groups is 1. The maximum atomic E-state index is 15.1. The molecule has 17 heteroatoms. The number of H-pyrrole nitrogens is 1. The lowest BCUT2D eigenvalue weighted by atomic mass is 9.78. The number of rotatable bonds is 13. The first kappa shape index (κ1) is 33.0. The largest absolute Gasteiger partial charge is 0.510 e. The van der Waals surface area contributed by atoms with Gasteiger partial charge in [0.2, 0.25) is 6.79 Å². The van der Waals surface area contributed by atoms with Gasteiger partial charge in [-0.1, -0.05) is 30.3 Å². The highest BCUT2D eigenvalue weighted by atomic mass is 31.2. The van der Waals surface area contributed by atoms with Crippen LogP contribution in [0.15, 0.2) is 52.2 Å². The van der Waals surface area contributed by atoms with Crippen molar-refractivity contribution in [2.24, 2.45) is 5.41 Å². The van der Waals surface area contributed by atoms with Crippen molar-refractivity contribution >= 4 is 14.0 Å². The average Bonchev–Trinajstić information content (AvgIpc) is 2.97. The number of hydrogen-bond acceptors (Lipinski definition) is 13. The number of nitrogens with one attached hydrogen (secondary N) is 1. The minimum absolute atomic E-state index is 0.127. The van der Waals surface area contributed by atoms with Crippen LogP contribution < -0.4 is 11.2 Å². The minimum atomic E-state index is -4.53. The molecule has 1 aromatic carbocycles. The molecule has 0 amide bonds. The van der Waals surface area contributed by atoms with E-state index in [1.165, 1.54) is 24.8 Å². The molecule has 43 heavy (non-hydrogen) atoms. The van der Waals surface area contributed by atoms with Crippen LogP contribution in [-0.4, -0.2) is 81.4 Å². The summed E-state index contributed by atoms with van der Waals surface area (Å²) in [6, 6.07) is 9.01. The summed E-state index contributed by atoms with van der Waals surface area (Å²) in [6.07, 6.45) is -1.39. The Morgan fingerprint density at radius 3 is 2.56 bits per heavy atom. The highest BCUT2D eigenvalue weighted by Crippen LogP contribution is 2.52. The molecule has 3 heterocycles. The number of halogens is 1. The molecule has 0 spiro atoms. The Bertz CT molecular complexity index is 1350. The fourth-order valence-corrected chi connectivity index (χ4v) is 5.40. The zero-order chi connectivity index (χ0) is 30.9. The van der Waals surface area contributed by atoms with Gasteiger partial charge in [0.1, 0.15) is 0 Å². The molecule has 0 saturated carbocycles. The van der Waals surface area contributed by atoms with Gasteiger partial charge >= 0.3 is 19.7 Å². The van der Waals surface area contributed by atoms with Crippen LogP contribution in [0.25, 0.3) is 0 Å². The molecule has 2 fully saturated rings. The first-order chi connectivity index (χ1) is 20.6. The second kappa shape index (κ2) is 15.2. The normalized spacial score (nSPS) is 26.0. The van der Waals surface area contributed by atoms with Gasteiger partial charge in [0, 0.05) is 19.4 Å². The quantitative estimate of drug-likeness (QED) is 0.194. The molecule has 1 N–H and O–H groups in total. The summed E-state index contributed by atoms with van der Waals surface area (Å²) >= 11 is 0. The maximum absolute atomic E-state index is 15.1. The lowest BCUT2D eigenvalue weighted by molar-refractivity contribution is -0.321. The van der Waals surface area contributed by atoms with Crippen molar-refractivity contribution in [3.63, 3.8) is 0 Å². The molecule has 15 nitrogen and oxygen atoms in total. The lowest BCUT2D eigenvalue weighted by Gasteiger charge is -2.42. The standard InChI is InChI=1S/C26H34FN2O13P/c1-18-26(15-27,10-20(12-36-25(34-2)41-18)29-9-8-22(30)28-23(29)31)16-39-43(33,38-11-19-6-4-3-5-7-19)40-17-37-24(32)42-21-13-35-14-21/h3-9,18,20-21,25H,10-17H2,1-2H3,(H,28,30,31)/t18?,20-,25?,26+,43?/m1/s1. The predicted molar refractivity (Wildman–Crippen MR) is 144 cm³/mol. The Labute approximate surface area is 245 Å². The molecule has 5 atom stereocenters. The minimum Gasteiger partial charge on any atom is -0.426 e. The van der Waals surface area contributed by atoms with Crippen molar-refractivity contribution in [1.82, 2.24) is 9.55 Å². The smallest absolute Gasteiger partial charge is 0.426 e. The number of hydrogen-bond donors (Lipinski definition) is 1. The van der Waals surface area contributed by atoms with E-state index < -0.39 is 75.4 Å². The van der Waals surface area contributed by atoms with Crippen molar-refractivity contribution in [3.8, 4) is 0 Å². The summed E-state index contributed by atoms with van der Waals surface area (Å²) in [4.78, 5) is 38.3. The zero-order valence-corrected chi connectivity index (χ0v) is 24.5. The summed E-state index contributed by atoms with van der Waals surface area (Å²) in [7, 11) is -3.21. The molecule has 2 aromatic rings.